The first-order chi connectivity index (χ1) is 16.3. The quantitative estimate of drug-likeness (QED) is 0.292. The largest absolute Gasteiger partial charge is 0.454 e. The summed E-state index contributed by atoms with van der Waals surface area (Å²) in [6.07, 6.45) is 0.312. The minimum absolute atomic E-state index is 0.170. The van der Waals surface area contributed by atoms with E-state index in [1.165, 1.54) is 30.3 Å². The van der Waals surface area contributed by atoms with Gasteiger partial charge in [-0.1, -0.05) is 30.7 Å². The van der Waals surface area contributed by atoms with Crippen molar-refractivity contribution in [2.45, 2.75) is 27.2 Å². The summed E-state index contributed by atoms with van der Waals surface area (Å²) in [4.78, 5) is 48.7. The molecule has 0 radical (unpaired) electrons. The van der Waals surface area contributed by atoms with Crippen LogP contribution in [0.25, 0.3) is 0 Å². The van der Waals surface area contributed by atoms with Crippen molar-refractivity contribution in [3.63, 3.8) is 0 Å². The molecule has 34 heavy (non-hydrogen) atoms. The van der Waals surface area contributed by atoms with E-state index in [1.807, 2.05) is 26.0 Å². The number of anilines is 1. The van der Waals surface area contributed by atoms with Gasteiger partial charge in [0.25, 0.3) is 0 Å². The molecule has 0 spiro atoms. The molecule has 0 bridgehead atoms. The van der Waals surface area contributed by atoms with Crippen LogP contribution in [-0.4, -0.2) is 30.2 Å². The Bertz CT molecular complexity index is 1210. The van der Waals surface area contributed by atoms with Crippen LogP contribution in [0.15, 0.2) is 66.7 Å². The molecule has 0 heterocycles. The first-order valence-electron chi connectivity index (χ1n) is 10.8. The first kappa shape index (κ1) is 24.4. The van der Waals surface area contributed by atoms with E-state index in [-0.39, 0.29) is 11.5 Å². The van der Waals surface area contributed by atoms with Gasteiger partial charge in [0.2, 0.25) is 5.91 Å². The number of carbonyl (C=O) groups is 4. The fourth-order valence-corrected chi connectivity index (χ4v) is 2.98. The number of carbonyl (C=O) groups excluding carboxylic acids is 4. The summed E-state index contributed by atoms with van der Waals surface area (Å²) >= 11 is 0. The number of amides is 1. The molecule has 0 aliphatic rings. The van der Waals surface area contributed by atoms with Gasteiger partial charge >= 0.3 is 11.9 Å². The number of nitrogens with one attached hydrogen (secondary N) is 1. The molecular formula is C27H25NO6. The van der Waals surface area contributed by atoms with E-state index in [4.69, 9.17) is 9.47 Å². The summed E-state index contributed by atoms with van der Waals surface area (Å²) in [6, 6.07) is 17.8. The number of ether oxygens (including phenoxy) is 2. The second-order valence-electron chi connectivity index (χ2n) is 7.71. The Balaban J connectivity index is 1.57. The number of hydrogen-bond donors (Lipinski definition) is 1. The molecule has 0 saturated heterocycles. The zero-order valence-corrected chi connectivity index (χ0v) is 19.2. The molecule has 0 atom stereocenters. The standard InChI is InChI=1S/C27H25NO6/c1-4-25(30)28-23-15-21(10-7-18(23)3)26(31)33-16-24(29)19-11-13-22(14-12-19)34-27(32)20-8-5-17(2)6-9-20/h5-15H,4,16H2,1-3H3,(H,28,30). The van der Waals surface area contributed by atoms with Crippen molar-refractivity contribution in [1.82, 2.24) is 0 Å². The molecule has 174 valence electrons. The van der Waals surface area contributed by atoms with Crippen LogP contribution in [0.1, 0.15) is 55.5 Å². The summed E-state index contributed by atoms with van der Waals surface area (Å²) in [7, 11) is 0. The summed E-state index contributed by atoms with van der Waals surface area (Å²) in [5.41, 5.74) is 3.31. The van der Waals surface area contributed by atoms with Crippen LogP contribution < -0.4 is 10.1 Å². The Morgan fingerprint density at radius 2 is 1.38 bits per heavy atom. The van der Waals surface area contributed by atoms with Gasteiger partial charge in [-0.25, -0.2) is 9.59 Å². The first-order valence-corrected chi connectivity index (χ1v) is 10.8. The number of rotatable bonds is 8. The van der Waals surface area contributed by atoms with E-state index in [0.717, 1.165) is 11.1 Å². The third-order valence-electron chi connectivity index (χ3n) is 5.08. The highest BCUT2D eigenvalue weighted by Crippen LogP contribution is 2.19. The highest BCUT2D eigenvalue weighted by molar-refractivity contribution is 6.00. The summed E-state index contributed by atoms with van der Waals surface area (Å²) in [5, 5.41) is 2.73. The average molecular weight is 459 g/mol. The summed E-state index contributed by atoms with van der Waals surface area (Å²) in [6.45, 7) is 5.01. The average Bonchev–Trinajstić information content (AvgIpc) is 2.84. The zero-order valence-electron chi connectivity index (χ0n) is 19.2. The van der Waals surface area contributed by atoms with Crippen LogP contribution in [0.2, 0.25) is 0 Å². The van der Waals surface area contributed by atoms with Crippen molar-refractivity contribution in [2.24, 2.45) is 0 Å². The Morgan fingerprint density at radius 3 is 2.03 bits per heavy atom. The molecule has 1 amide bonds. The molecule has 3 aromatic carbocycles. The normalized spacial score (nSPS) is 10.3. The van der Waals surface area contributed by atoms with Crippen molar-refractivity contribution in [1.29, 1.82) is 0 Å². The lowest BCUT2D eigenvalue weighted by atomic mass is 10.1. The van der Waals surface area contributed by atoms with Crippen molar-refractivity contribution < 1.29 is 28.7 Å². The van der Waals surface area contributed by atoms with Gasteiger partial charge in [-0.15, -0.1) is 0 Å². The van der Waals surface area contributed by atoms with Gasteiger partial charge in [0.1, 0.15) is 5.75 Å². The molecule has 7 nitrogen and oxygen atoms in total. The molecule has 1 N–H and O–H groups in total. The highest BCUT2D eigenvalue weighted by atomic mass is 16.5. The molecule has 3 rings (SSSR count). The second-order valence-corrected chi connectivity index (χ2v) is 7.71. The minimum atomic E-state index is -0.677. The van der Waals surface area contributed by atoms with Gasteiger partial charge in [0.05, 0.1) is 11.1 Å². The molecule has 0 saturated carbocycles. The van der Waals surface area contributed by atoms with Crippen LogP contribution in [0, 0.1) is 13.8 Å². The molecule has 7 heteroatoms. The van der Waals surface area contributed by atoms with Crippen LogP contribution in [-0.2, 0) is 9.53 Å². The lowest BCUT2D eigenvalue weighted by Gasteiger charge is -2.10. The molecular weight excluding hydrogens is 434 g/mol. The number of benzene rings is 3. The lowest BCUT2D eigenvalue weighted by Crippen LogP contribution is -2.15. The monoisotopic (exact) mass is 459 g/mol. The van der Waals surface area contributed by atoms with Crippen LogP contribution >= 0.6 is 0 Å². The van der Waals surface area contributed by atoms with Gasteiger partial charge in [-0.3, -0.25) is 9.59 Å². The SMILES string of the molecule is CCC(=O)Nc1cc(C(=O)OCC(=O)c2ccc(OC(=O)c3ccc(C)cc3)cc2)ccc1C. The fourth-order valence-electron chi connectivity index (χ4n) is 2.98. The minimum Gasteiger partial charge on any atom is -0.454 e. The van der Waals surface area contributed by atoms with Crippen molar-refractivity contribution in [3.8, 4) is 5.75 Å². The van der Waals surface area contributed by atoms with Crippen molar-refractivity contribution in [2.75, 3.05) is 11.9 Å². The van der Waals surface area contributed by atoms with Crippen LogP contribution in [0.5, 0.6) is 5.75 Å². The van der Waals surface area contributed by atoms with Gasteiger partial charge in [0.15, 0.2) is 12.4 Å². The molecule has 0 fully saturated rings. The fraction of sp³-hybridized carbons (Fsp3) is 0.185. The maximum atomic E-state index is 12.4. The van der Waals surface area contributed by atoms with Crippen LogP contribution in [0.3, 0.4) is 0 Å². The number of aryl methyl sites for hydroxylation is 2. The van der Waals surface area contributed by atoms with E-state index in [2.05, 4.69) is 5.32 Å². The zero-order chi connectivity index (χ0) is 24.7. The van der Waals surface area contributed by atoms with Crippen molar-refractivity contribution >= 4 is 29.3 Å². The smallest absolute Gasteiger partial charge is 0.343 e. The predicted octanol–water partition coefficient (Wildman–Crippen LogP) is 4.91. The molecule has 0 aliphatic heterocycles. The van der Waals surface area contributed by atoms with E-state index < -0.39 is 24.3 Å². The lowest BCUT2D eigenvalue weighted by molar-refractivity contribution is -0.115. The van der Waals surface area contributed by atoms with E-state index in [0.29, 0.717) is 29.0 Å². The van der Waals surface area contributed by atoms with Gasteiger partial charge < -0.3 is 14.8 Å². The topological polar surface area (TPSA) is 98.8 Å². The molecule has 0 aliphatic carbocycles. The summed E-state index contributed by atoms with van der Waals surface area (Å²) < 4.78 is 10.5. The highest BCUT2D eigenvalue weighted by Gasteiger charge is 2.15. The molecule has 0 unspecified atom stereocenters. The second kappa shape index (κ2) is 11.0. The summed E-state index contributed by atoms with van der Waals surface area (Å²) in [5.74, 6) is -1.46. The maximum Gasteiger partial charge on any atom is 0.343 e. The van der Waals surface area contributed by atoms with E-state index in [1.54, 1.807) is 31.2 Å². The van der Waals surface area contributed by atoms with E-state index in [9.17, 15) is 19.2 Å². The molecule has 0 aromatic heterocycles. The Kier molecular flexibility index (Phi) is 7.92. The number of esters is 2. The Hall–Kier alpha value is -4.26. The van der Waals surface area contributed by atoms with Crippen molar-refractivity contribution in [3.05, 3.63) is 94.5 Å². The number of ketones is 1. The van der Waals surface area contributed by atoms with E-state index >= 15 is 0 Å². The number of Topliss-reactive ketones (excluding diaryl/α,β-unsaturated/α-hetero) is 1. The third-order valence-corrected chi connectivity index (χ3v) is 5.08. The Morgan fingerprint density at radius 1 is 0.765 bits per heavy atom. The predicted molar refractivity (Wildman–Crippen MR) is 127 cm³/mol. The van der Waals surface area contributed by atoms with Gasteiger partial charge in [0, 0.05) is 17.7 Å². The van der Waals surface area contributed by atoms with Gasteiger partial charge in [-0.2, -0.15) is 0 Å². The Labute approximate surface area is 197 Å². The van der Waals surface area contributed by atoms with Crippen LogP contribution in [0.4, 0.5) is 5.69 Å². The third kappa shape index (κ3) is 6.38. The van der Waals surface area contributed by atoms with Gasteiger partial charge in [-0.05, 0) is 67.9 Å². The number of hydrogen-bond acceptors (Lipinski definition) is 6. The molecule has 3 aromatic rings. The maximum absolute atomic E-state index is 12.4.